The maximum atomic E-state index is 11.9. The summed E-state index contributed by atoms with van der Waals surface area (Å²) >= 11 is 0. The van der Waals surface area contributed by atoms with Gasteiger partial charge in [0.2, 0.25) is 5.91 Å². The normalized spacial score (nSPS) is 23.4. The third-order valence-electron chi connectivity index (χ3n) is 3.85. The van der Waals surface area contributed by atoms with Crippen molar-refractivity contribution in [3.05, 3.63) is 35.9 Å². The summed E-state index contributed by atoms with van der Waals surface area (Å²) in [7, 11) is 0. The van der Waals surface area contributed by atoms with E-state index in [2.05, 4.69) is 19.1 Å². The second-order valence-electron chi connectivity index (χ2n) is 5.39. The zero-order valence-corrected chi connectivity index (χ0v) is 11.1. The average Bonchev–Trinajstić information content (AvgIpc) is 2.41. The Balaban J connectivity index is 2.12. The molecule has 1 amide bonds. The van der Waals surface area contributed by atoms with Gasteiger partial charge in [-0.05, 0) is 12.0 Å². The molecule has 1 atom stereocenters. The highest BCUT2D eigenvalue weighted by Gasteiger charge is 2.36. The van der Waals surface area contributed by atoms with Crippen LogP contribution in [0, 0.1) is 0 Å². The molecule has 1 aliphatic rings. The molecule has 0 aromatic heterocycles. The van der Waals surface area contributed by atoms with Gasteiger partial charge in [0.1, 0.15) is 0 Å². The fourth-order valence-corrected chi connectivity index (χ4v) is 2.64. The molecule has 19 heavy (non-hydrogen) atoms. The summed E-state index contributed by atoms with van der Waals surface area (Å²) in [6.07, 6.45) is 1.32. The summed E-state index contributed by atoms with van der Waals surface area (Å²) in [5.41, 5.74) is 1.14. The van der Waals surface area contributed by atoms with Crippen LogP contribution < -0.4 is 0 Å². The second kappa shape index (κ2) is 5.43. The molecule has 0 spiro atoms. The fraction of sp³-hybridized carbons (Fsp3) is 0.467. The second-order valence-corrected chi connectivity index (χ2v) is 5.39. The zero-order valence-electron chi connectivity index (χ0n) is 11.1. The van der Waals surface area contributed by atoms with Crippen LogP contribution in [0.4, 0.5) is 0 Å². The van der Waals surface area contributed by atoms with Gasteiger partial charge in [0.25, 0.3) is 0 Å². The van der Waals surface area contributed by atoms with Crippen molar-refractivity contribution in [2.24, 2.45) is 0 Å². The first kappa shape index (κ1) is 13.6. The lowest BCUT2D eigenvalue weighted by molar-refractivity contribution is -0.140. The number of carboxylic acids is 1. The maximum absolute atomic E-state index is 11.9. The summed E-state index contributed by atoms with van der Waals surface area (Å²) < 4.78 is 0. The molecule has 1 unspecified atom stereocenters. The largest absolute Gasteiger partial charge is 0.481 e. The Morgan fingerprint density at radius 3 is 2.68 bits per heavy atom. The molecule has 2 rings (SSSR count). The summed E-state index contributed by atoms with van der Waals surface area (Å²) in [6.45, 7) is 3.04. The summed E-state index contributed by atoms with van der Waals surface area (Å²) in [5, 5.41) is 8.74. The third kappa shape index (κ3) is 3.13. The number of carbonyl (C=O) groups excluding carboxylic acids is 1. The van der Waals surface area contributed by atoms with Gasteiger partial charge in [0.15, 0.2) is 0 Å². The Bertz CT molecular complexity index is 472. The quantitative estimate of drug-likeness (QED) is 0.902. The monoisotopic (exact) mass is 261 g/mol. The van der Waals surface area contributed by atoms with Crippen LogP contribution in [0.2, 0.25) is 0 Å². The first-order chi connectivity index (χ1) is 9.01. The molecule has 0 bridgehead atoms. The van der Waals surface area contributed by atoms with Crippen LogP contribution in [0.5, 0.6) is 0 Å². The van der Waals surface area contributed by atoms with Crippen molar-refractivity contribution in [3.63, 3.8) is 0 Å². The van der Waals surface area contributed by atoms with Crippen molar-refractivity contribution >= 4 is 11.9 Å². The molecule has 1 N–H and O–H groups in total. The van der Waals surface area contributed by atoms with E-state index in [1.54, 1.807) is 4.90 Å². The maximum Gasteiger partial charge on any atom is 0.305 e. The number of piperidine rings is 1. The average molecular weight is 261 g/mol. The van der Waals surface area contributed by atoms with Gasteiger partial charge in [-0.2, -0.15) is 0 Å². The molecule has 1 aromatic carbocycles. The van der Waals surface area contributed by atoms with Crippen LogP contribution in [0.15, 0.2) is 30.3 Å². The van der Waals surface area contributed by atoms with E-state index >= 15 is 0 Å². The Hall–Kier alpha value is -1.84. The number of nitrogens with zero attached hydrogens (tertiary/aromatic N) is 1. The fourth-order valence-electron chi connectivity index (χ4n) is 2.64. The number of benzene rings is 1. The molecular weight excluding hydrogens is 242 g/mol. The number of hydrogen-bond donors (Lipinski definition) is 1. The minimum absolute atomic E-state index is 0.0105. The first-order valence-corrected chi connectivity index (χ1v) is 6.56. The Labute approximate surface area is 113 Å². The lowest BCUT2D eigenvalue weighted by Gasteiger charge is -2.40. The van der Waals surface area contributed by atoms with Crippen molar-refractivity contribution in [1.29, 1.82) is 0 Å². The van der Waals surface area contributed by atoms with Gasteiger partial charge in [0.05, 0.1) is 6.42 Å². The molecule has 1 saturated heterocycles. The predicted octanol–water partition coefficient (Wildman–Crippen LogP) is 2.04. The molecular formula is C15H19NO3. The van der Waals surface area contributed by atoms with Gasteiger partial charge in [-0.15, -0.1) is 0 Å². The van der Waals surface area contributed by atoms with E-state index in [-0.39, 0.29) is 17.7 Å². The highest BCUT2D eigenvalue weighted by Crippen LogP contribution is 2.33. The number of hydrogen-bond acceptors (Lipinski definition) is 2. The van der Waals surface area contributed by atoms with E-state index in [1.807, 2.05) is 18.2 Å². The van der Waals surface area contributed by atoms with Crippen molar-refractivity contribution in [2.75, 3.05) is 13.1 Å². The van der Waals surface area contributed by atoms with E-state index in [0.717, 1.165) is 6.42 Å². The van der Waals surface area contributed by atoms with Crippen molar-refractivity contribution in [1.82, 2.24) is 4.90 Å². The lowest BCUT2D eigenvalue weighted by atomic mass is 9.75. The molecule has 102 valence electrons. The number of carboxylic acid groups (broad SMARTS) is 1. The number of aliphatic carboxylic acids is 1. The summed E-state index contributed by atoms with van der Waals surface area (Å²) in [5.74, 6) is -0.797. The Kier molecular flexibility index (Phi) is 3.88. The van der Waals surface area contributed by atoms with Gasteiger partial charge in [-0.3, -0.25) is 9.59 Å². The molecule has 0 aliphatic carbocycles. The molecule has 1 aromatic rings. The minimum Gasteiger partial charge on any atom is -0.481 e. The van der Waals surface area contributed by atoms with Crippen LogP contribution in [0.3, 0.4) is 0 Å². The van der Waals surface area contributed by atoms with E-state index < -0.39 is 5.97 Å². The minimum atomic E-state index is -0.861. The van der Waals surface area contributed by atoms with Crippen molar-refractivity contribution in [3.8, 4) is 0 Å². The number of likely N-dealkylation sites (tertiary alicyclic amines) is 1. The SMILES string of the molecule is CC1(c2ccccc2)CCC(=O)N(CCC(=O)O)C1. The van der Waals surface area contributed by atoms with Crippen LogP contribution in [0.25, 0.3) is 0 Å². The van der Waals surface area contributed by atoms with E-state index in [0.29, 0.717) is 19.5 Å². The third-order valence-corrected chi connectivity index (χ3v) is 3.85. The molecule has 4 nitrogen and oxygen atoms in total. The molecule has 1 heterocycles. The molecule has 4 heteroatoms. The van der Waals surface area contributed by atoms with Gasteiger partial charge >= 0.3 is 5.97 Å². The summed E-state index contributed by atoms with van der Waals surface area (Å²) in [6, 6.07) is 10.1. The van der Waals surface area contributed by atoms with E-state index in [1.165, 1.54) is 5.56 Å². The number of carbonyl (C=O) groups is 2. The van der Waals surface area contributed by atoms with Crippen molar-refractivity contribution in [2.45, 2.75) is 31.6 Å². The Morgan fingerprint density at radius 1 is 1.37 bits per heavy atom. The van der Waals surface area contributed by atoms with E-state index in [9.17, 15) is 9.59 Å². The van der Waals surface area contributed by atoms with Crippen LogP contribution in [-0.2, 0) is 15.0 Å². The van der Waals surface area contributed by atoms with Crippen LogP contribution >= 0.6 is 0 Å². The van der Waals surface area contributed by atoms with Gasteiger partial charge in [0, 0.05) is 24.9 Å². The predicted molar refractivity (Wildman–Crippen MR) is 71.9 cm³/mol. The highest BCUT2D eigenvalue weighted by atomic mass is 16.4. The molecule has 0 saturated carbocycles. The zero-order chi connectivity index (χ0) is 13.9. The summed E-state index contributed by atoms with van der Waals surface area (Å²) in [4.78, 5) is 24.2. The van der Waals surface area contributed by atoms with E-state index in [4.69, 9.17) is 5.11 Å². The number of rotatable bonds is 4. The van der Waals surface area contributed by atoms with Crippen LogP contribution in [0.1, 0.15) is 31.7 Å². The lowest BCUT2D eigenvalue weighted by Crippen LogP contribution is -2.48. The molecule has 1 aliphatic heterocycles. The Morgan fingerprint density at radius 2 is 2.05 bits per heavy atom. The van der Waals surface area contributed by atoms with Gasteiger partial charge < -0.3 is 10.0 Å². The molecule has 0 radical (unpaired) electrons. The highest BCUT2D eigenvalue weighted by molar-refractivity contribution is 5.78. The van der Waals surface area contributed by atoms with Crippen molar-refractivity contribution < 1.29 is 14.7 Å². The van der Waals surface area contributed by atoms with Gasteiger partial charge in [-0.25, -0.2) is 0 Å². The van der Waals surface area contributed by atoms with Gasteiger partial charge in [-0.1, -0.05) is 37.3 Å². The standard InChI is InChI=1S/C15H19NO3/c1-15(12-5-3-2-4-6-12)9-7-13(17)16(11-15)10-8-14(18)19/h2-6H,7-11H2,1H3,(H,18,19). The molecule has 1 fully saturated rings. The van der Waals surface area contributed by atoms with Crippen LogP contribution in [-0.4, -0.2) is 35.0 Å². The first-order valence-electron chi connectivity index (χ1n) is 6.56. The topological polar surface area (TPSA) is 57.6 Å². The smallest absolute Gasteiger partial charge is 0.305 e. The number of amides is 1.